The van der Waals surface area contributed by atoms with Crippen LogP contribution in [0.1, 0.15) is 5.56 Å². The van der Waals surface area contributed by atoms with Gasteiger partial charge in [0.05, 0.1) is 4.47 Å². The molecule has 0 unspecified atom stereocenters. The van der Waals surface area contributed by atoms with Crippen molar-refractivity contribution in [3.8, 4) is 5.88 Å². The van der Waals surface area contributed by atoms with E-state index in [-0.39, 0.29) is 0 Å². The van der Waals surface area contributed by atoms with Crippen LogP contribution in [0.25, 0.3) is 0 Å². The van der Waals surface area contributed by atoms with Crippen LogP contribution in [-0.2, 0) is 6.61 Å². The molecule has 88 valence electrons. The number of ether oxygens (including phenoxy) is 1. The highest BCUT2D eigenvalue weighted by molar-refractivity contribution is 9.11. The Morgan fingerprint density at radius 1 is 1.24 bits per heavy atom. The second kappa shape index (κ2) is 5.85. The van der Waals surface area contributed by atoms with Gasteiger partial charge in [-0.15, -0.1) is 0 Å². The summed E-state index contributed by atoms with van der Waals surface area (Å²) in [7, 11) is 0. The molecule has 5 heteroatoms. The van der Waals surface area contributed by atoms with Crippen molar-refractivity contribution in [2.75, 3.05) is 0 Å². The molecule has 2 rings (SSSR count). The van der Waals surface area contributed by atoms with Gasteiger partial charge in [0, 0.05) is 15.7 Å². The standard InChI is InChI=1S/C12H8Br2ClNO/c13-9-5-11(14)12(16-6-9)17-7-8-2-1-3-10(15)4-8/h1-6H,7H2. The fraction of sp³-hybridized carbons (Fsp3) is 0.0833. The van der Waals surface area contributed by atoms with Crippen molar-refractivity contribution in [2.24, 2.45) is 0 Å². The molecule has 0 N–H and O–H groups in total. The molecule has 0 amide bonds. The van der Waals surface area contributed by atoms with Gasteiger partial charge in [-0.1, -0.05) is 23.7 Å². The van der Waals surface area contributed by atoms with Gasteiger partial charge in [0.15, 0.2) is 0 Å². The zero-order valence-corrected chi connectivity index (χ0v) is 12.6. The predicted octanol–water partition coefficient (Wildman–Crippen LogP) is 4.84. The van der Waals surface area contributed by atoms with Crippen LogP contribution in [0.4, 0.5) is 0 Å². The maximum absolute atomic E-state index is 5.89. The van der Waals surface area contributed by atoms with Crippen LogP contribution in [0.15, 0.2) is 45.5 Å². The molecular weight excluding hydrogens is 369 g/mol. The predicted molar refractivity (Wildman–Crippen MR) is 75.4 cm³/mol. The van der Waals surface area contributed by atoms with E-state index < -0.39 is 0 Å². The topological polar surface area (TPSA) is 22.1 Å². The highest BCUT2D eigenvalue weighted by Crippen LogP contribution is 2.26. The summed E-state index contributed by atoms with van der Waals surface area (Å²) in [6, 6.07) is 9.44. The molecule has 0 aliphatic heterocycles. The Balaban J connectivity index is 2.07. The van der Waals surface area contributed by atoms with E-state index >= 15 is 0 Å². The zero-order chi connectivity index (χ0) is 12.3. The summed E-state index contributed by atoms with van der Waals surface area (Å²) in [6.45, 7) is 0.438. The van der Waals surface area contributed by atoms with E-state index in [1.54, 1.807) is 6.20 Å². The smallest absolute Gasteiger partial charge is 0.228 e. The Kier molecular flexibility index (Phi) is 4.42. The summed E-state index contributed by atoms with van der Waals surface area (Å²) in [4.78, 5) is 4.17. The van der Waals surface area contributed by atoms with Gasteiger partial charge < -0.3 is 4.74 Å². The Morgan fingerprint density at radius 3 is 2.76 bits per heavy atom. The lowest BCUT2D eigenvalue weighted by Crippen LogP contribution is -1.97. The summed E-state index contributed by atoms with van der Waals surface area (Å²) in [5.41, 5.74) is 1.01. The Morgan fingerprint density at radius 2 is 2.06 bits per heavy atom. The second-order valence-electron chi connectivity index (χ2n) is 3.36. The summed E-state index contributed by atoms with van der Waals surface area (Å²) in [5.74, 6) is 0.563. The van der Waals surface area contributed by atoms with E-state index in [2.05, 4.69) is 36.8 Å². The summed E-state index contributed by atoms with van der Waals surface area (Å²) in [5, 5.41) is 0.703. The molecule has 0 aliphatic carbocycles. The highest BCUT2D eigenvalue weighted by atomic mass is 79.9. The van der Waals surface area contributed by atoms with Gasteiger partial charge in [-0.25, -0.2) is 4.98 Å². The Hall–Kier alpha value is -0.580. The average molecular weight is 377 g/mol. The van der Waals surface area contributed by atoms with Gasteiger partial charge in [0.25, 0.3) is 0 Å². The molecule has 0 bridgehead atoms. The minimum Gasteiger partial charge on any atom is -0.472 e. The molecule has 0 saturated heterocycles. The lowest BCUT2D eigenvalue weighted by atomic mass is 10.2. The lowest BCUT2D eigenvalue weighted by Gasteiger charge is -2.07. The van der Waals surface area contributed by atoms with Gasteiger partial charge >= 0.3 is 0 Å². The van der Waals surface area contributed by atoms with E-state index in [0.29, 0.717) is 17.5 Å². The summed E-state index contributed by atoms with van der Waals surface area (Å²) in [6.07, 6.45) is 1.69. The molecule has 0 radical (unpaired) electrons. The van der Waals surface area contributed by atoms with Crippen molar-refractivity contribution in [2.45, 2.75) is 6.61 Å². The third-order valence-corrected chi connectivity index (χ3v) is 3.28. The SMILES string of the molecule is Clc1cccc(COc2ncc(Br)cc2Br)c1. The molecular formula is C12H8Br2ClNO. The normalized spacial score (nSPS) is 10.3. The first-order valence-electron chi connectivity index (χ1n) is 4.83. The fourth-order valence-corrected chi connectivity index (χ4v) is 2.60. The van der Waals surface area contributed by atoms with Crippen LogP contribution in [0.5, 0.6) is 5.88 Å². The fourth-order valence-electron chi connectivity index (χ4n) is 1.29. The van der Waals surface area contributed by atoms with Gasteiger partial charge in [0.2, 0.25) is 5.88 Å². The van der Waals surface area contributed by atoms with E-state index in [1.165, 1.54) is 0 Å². The van der Waals surface area contributed by atoms with Crippen molar-refractivity contribution < 1.29 is 4.74 Å². The van der Waals surface area contributed by atoms with Crippen molar-refractivity contribution in [1.82, 2.24) is 4.98 Å². The van der Waals surface area contributed by atoms with Crippen LogP contribution >= 0.6 is 43.5 Å². The van der Waals surface area contributed by atoms with Crippen LogP contribution in [0.2, 0.25) is 5.02 Å². The molecule has 1 heterocycles. The van der Waals surface area contributed by atoms with Gasteiger partial charge in [-0.2, -0.15) is 0 Å². The Bertz CT molecular complexity index is 534. The van der Waals surface area contributed by atoms with Crippen LogP contribution < -0.4 is 4.74 Å². The summed E-state index contributed by atoms with van der Waals surface area (Å²) < 4.78 is 7.31. The average Bonchev–Trinajstić information content (AvgIpc) is 2.28. The van der Waals surface area contributed by atoms with Crippen LogP contribution in [0, 0.1) is 0 Å². The number of aromatic nitrogens is 1. The van der Waals surface area contributed by atoms with Crippen molar-refractivity contribution >= 4 is 43.5 Å². The van der Waals surface area contributed by atoms with E-state index in [9.17, 15) is 0 Å². The number of nitrogens with zero attached hydrogens (tertiary/aromatic N) is 1. The minimum atomic E-state index is 0.438. The largest absolute Gasteiger partial charge is 0.472 e. The molecule has 1 aromatic heterocycles. The Labute approximate surface area is 121 Å². The first kappa shape index (κ1) is 12.9. The molecule has 1 aromatic carbocycles. The molecule has 2 nitrogen and oxygen atoms in total. The van der Waals surface area contributed by atoms with Crippen molar-refractivity contribution in [1.29, 1.82) is 0 Å². The lowest BCUT2D eigenvalue weighted by molar-refractivity contribution is 0.291. The highest BCUT2D eigenvalue weighted by Gasteiger charge is 2.04. The van der Waals surface area contributed by atoms with E-state index in [0.717, 1.165) is 14.5 Å². The van der Waals surface area contributed by atoms with Crippen molar-refractivity contribution in [3.05, 3.63) is 56.1 Å². The van der Waals surface area contributed by atoms with Crippen LogP contribution in [-0.4, -0.2) is 4.98 Å². The van der Waals surface area contributed by atoms with Gasteiger partial charge in [-0.05, 0) is 55.6 Å². The second-order valence-corrected chi connectivity index (χ2v) is 5.57. The first-order valence-corrected chi connectivity index (χ1v) is 6.80. The number of hydrogen-bond acceptors (Lipinski definition) is 2. The van der Waals surface area contributed by atoms with E-state index in [1.807, 2.05) is 30.3 Å². The number of pyridine rings is 1. The first-order chi connectivity index (χ1) is 8.15. The monoisotopic (exact) mass is 375 g/mol. The molecule has 0 saturated carbocycles. The van der Waals surface area contributed by atoms with E-state index in [4.69, 9.17) is 16.3 Å². The maximum atomic E-state index is 5.89. The number of halogens is 3. The number of hydrogen-bond donors (Lipinski definition) is 0. The van der Waals surface area contributed by atoms with Gasteiger partial charge in [-0.3, -0.25) is 0 Å². The zero-order valence-electron chi connectivity index (χ0n) is 8.66. The molecule has 0 fully saturated rings. The molecule has 17 heavy (non-hydrogen) atoms. The number of rotatable bonds is 3. The molecule has 2 aromatic rings. The summed E-state index contributed by atoms with van der Waals surface area (Å²) >= 11 is 12.6. The molecule has 0 atom stereocenters. The quantitative estimate of drug-likeness (QED) is 0.764. The minimum absolute atomic E-state index is 0.438. The third kappa shape index (κ3) is 3.69. The number of benzene rings is 1. The third-order valence-electron chi connectivity index (χ3n) is 2.04. The molecule has 0 aliphatic rings. The van der Waals surface area contributed by atoms with Crippen LogP contribution in [0.3, 0.4) is 0 Å². The maximum Gasteiger partial charge on any atom is 0.228 e. The van der Waals surface area contributed by atoms with Crippen molar-refractivity contribution in [3.63, 3.8) is 0 Å². The van der Waals surface area contributed by atoms with Gasteiger partial charge in [0.1, 0.15) is 6.61 Å². The molecule has 0 spiro atoms.